The van der Waals surface area contributed by atoms with Crippen molar-refractivity contribution < 1.29 is 4.79 Å². The van der Waals surface area contributed by atoms with Gasteiger partial charge in [-0.3, -0.25) is 4.79 Å². The van der Waals surface area contributed by atoms with E-state index in [4.69, 9.17) is 0 Å². The van der Waals surface area contributed by atoms with Crippen molar-refractivity contribution in [2.24, 2.45) is 17.8 Å². The van der Waals surface area contributed by atoms with Gasteiger partial charge in [-0.2, -0.15) is 0 Å². The minimum absolute atomic E-state index is 0.244. The summed E-state index contributed by atoms with van der Waals surface area (Å²) in [6.07, 6.45) is 6.06. The van der Waals surface area contributed by atoms with Crippen LogP contribution in [-0.4, -0.2) is 5.91 Å². The van der Waals surface area contributed by atoms with Crippen molar-refractivity contribution in [2.75, 3.05) is 5.32 Å². The second-order valence-corrected chi connectivity index (χ2v) is 6.70. The molecule has 2 aliphatic rings. The lowest BCUT2D eigenvalue weighted by Gasteiger charge is -2.10. The number of amides is 1. The molecule has 0 radical (unpaired) electrons. The van der Waals surface area contributed by atoms with Crippen molar-refractivity contribution in [1.82, 2.24) is 0 Å². The zero-order chi connectivity index (χ0) is 13.4. The third-order valence-corrected chi connectivity index (χ3v) is 5.16. The summed E-state index contributed by atoms with van der Waals surface area (Å²) in [4.78, 5) is 12.4. The Morgan fingerprint density at radius 3 is 2.63 bits per heavy atom. The normalized spacial score (nSPS) is 28.6. The molecule has 0 aliphatic heterocycles. The fourth-order valence-corrected chi connectivity index (χ4v) is 3.98. The van der Waals surface area contributed by atoms with E-state index >= 15 is 0 Å². The molecule has 1 aromatic rings. The summed E-state index contributed by atoms with van der Waals surface area (Å²) in [7, 11) is 0. The molecule has 2 nitrogen and oxygen atoms in total. The SMILES string of the molecule is CCc1cc(Br)ccc1NC(=O)C1C2CCCCC21. The molecule has 0 spiro atoms. The molecule has 19 heavy (non-hydrogen) atoms. The number of benzene rings is 1. The zero-order valence-electron chi connectivity index (χ0n) is 11.3. The Morgan fingerprint density at radius 1 is 1.32 bits per heavy atom. The quantitative estimate of drug-likeness (QED) is 0.879. The van der Waals surface area contributed by atoms with Gasteiger partial charge >= 0.3 is 0 Å². The Balaban J connectivity index is 1.70. The highest BCUT2D eigenvalue weighted by Gasteiger charge is 2.54. The van der Waals surface area contributed by atoms with Crippen LogP contribution >= 0.6 is 15.9 Å². The fraction of sp³-hybridized carbons (Fsp3) is 0.562. The van der Waals surface area contributed by atoms with E-state index in [1.54, 1.807) is 0 Å². The molecule has 0 aromatic heterocycles. The number of halogens is 1. The molecule has 2 unspecified atom stereocenters. The number of fused-ring (bicyclic) bond motifs is 1. The van der Waals surface area contributed by atoms with Gasteiger partial charge in [-0.25, -0.2) is 0 Å². The monoisotopic (exact) mass is 321 g/mol. The largest absolute Gasteiger partial charge is 0.326 e. The first-order valence-electron chi connectivity index (χ1n) is 7.30. The molecule has 2 fully saturated rings. The number of carbonyl (C=O) groups excluding carboxylic acids is 1. The summed E-state index contributed by atoms with van der Waals surface area (Å²) < 4.78 is 1.07. The third kappa shape index (κ3) is 2.58. The minimum Gasteiger partial charge on any atom is -0.326 e. The first-order chi connectivity index (χ1) is 9.20. The Morgan fingerprint density at radius 2 is 2.00 bits per heavy atom. The van der Waals surface area contributed by atoms with Crippen molar-refractivity contribution in [3.8, 4) is 0 Å². The number of carbonyl (C=O) groups is 1. The van der Waals surface area contributed by atoms with Crippen LogP contribution in [0.2, 0.25) is 0 Å². The smallest absolute Gasteiger partial charge is 0.228 e. The maximum absolute atomic E-state index is 12.4. The van der Waals surface area contributed by atoms with E-state index in [0.717, 1.165) is 16.6 Å². The molecule has 2 atom stereocenters. The van der Waals surface area contributed by atoms with Crippen LogP contribution in [0.15, 0.2) is 22.7 Å². The van der Waals surface area contributed by atoms with Gasteiger partial charge in [0.1, 0.15) is 0 Å². The van der Waals surface area contributed by atoms with Gasteiger partial charge in [-0.05, 0) is 54.9 Å². The minimum atomic E-state index is 0.244. The van der Waals surface area contributed by atoms with Crippen LogP contribution in [0.5, 0.6) is 0 Å². The number of hydrogen-bond acceptors (Lipinski definition) is 1. The third-order valence-electron chi connectivity index (χ3n) is 4.67. The van der Waals surface area contributed by atoms with Crippen LogP contribution in [0.25, 0.3) is 0 Å². The van der Waals surface area contributed by atoms with E-state index < -0.39 is 0 Å². The summed E-state index contributed by atoms with van der Waals surface area (Å²) in [5.41, 5.74) is 2.19. The highest BCUT2D eigenvalue weighted by atomic mass is 79.9. The summed E-state index contributed by atoms with van der Waals surface area (Å²) in [5, 5.41) is 3.15. The first-order valence-corrected chi connectivity index (χ1v) is 8.09. The topological polar surface area (TPSA) is 29.1 Å². The van der Waals surface area contributed by atoms with Crippen LogP contribution < -0.4 is 5.32 Å². The van der Waals surface area contributed by atoms with Crippen molar-refractivity contribution in [3.63, 3.8) is 0 Å². The van der Waals surface area contributed by atoms with Crippen LogP contribution in [0.4, 0.5) is 5.69 Å². The molecule has 3 heteroatoms. The van der Waals surface area contributed by atoms with E-state index in [2.05, 4.69) is 34.2 Å². The molecule has 1 amide bonds. The van der Waals surface area contributed by atoms with Gasteiger partial charge in [-0.15, -0.1) is 0 Å². The van der Waals surface area contributed by atoms with Gasteiger partial charge in [0.05, 0.1) is 0 Å². The van der Waals surface area contributed by atoms with E-state index in [1.807, 2.05) is 12.1 Å². The van der Waals surface area contributed by atoms with Crippen molar-refractivity contribution in [1.29, 1.82) is 0 Å². The molecule has 3 rings (SSSR count). The Bertz CT molecular complexity index is 488. The van der Waals surface area contributed by atoms with Gasteiger partial charge in [0, 0.05) is 16.1 Å². The number of hydrogen-bond donors (Lipinski definition) is 1. The molecule has 1 N–H and O–H groups in total. The number of nitrogens with one attached hydrogen (secondary N) is 1. The molecular formula is C16H20BrNO. The van der Waals surface area contributed by atoms with E-state index in [-0.39, 0.29) is 11.8 Å². The number of anilines is 1. The number of rotatable bonds is 3. The summed E-state index contributed by atoms with van der Waals surface area (Å²) in [6.45, 7) is 2.12. The van der Waals surface area contributed by atoms with Crippen molar-refractivity contribution in [3.05, 3.63) is 28.2 Å². The molecular weight excluding hydrogens is 302 g/mol. The number of aryl methyl sites for hydroxylation is 1. The summed E-state index contributed by atoms with van der Waals surface area (Å²) >= 11 is 3.48. The highest BCUT2D eigenvalue weighted by molar-refractivity contribution is 9.10. The second-order valence-electron chi connectivity index (χ2n) is 5.78. The molecule has 102 valence electrons. The van der Waals surface area contributed by atoms with E-state index in [0.29, 0.717) is 11.8 Å². The van der Waals surface area contributed by atoms with E-state index in [1.165, 1.54) is 31.2 Å². The average molecular weight is 322 g/mol. The highest BCUT2D eigenvalue weighted by Crippen LogP contribution is 2.55. The fourth-order valence-electron chi connectivity index (χ4n) is 3.57. The van der Waals surface area contributed by atoms with Gasteiger partial charge in [0.25, 0.3) is 0 Å². The molecule has 2 saturated carbocycles. The van der Waals surface area contributed by atoms with Crippen molar-refractivity contribution in [2.45, 2.75) is 39.0 Å². The van der Waals surface area contributed by atoms with Gasteiger partial charge in [0.15, 0.2) is 0 Å². The standard InChI is InChI=1S/C16H20BrNO/c1-2-10-9-11(17)7-8-14(10)18-16(19)15-12-5-3-4-6-13(12)15/h7-9,12-13,15H,2-6H2,1H3,(H,18,19). The molecule has 2 aliphatic carbocycles. The van der Waals surface area contributed by atoms with Crippen LogP contribution in [-0.2, 0) is 11.2 Å². The maximum atomic E-state index is 12.4. The van der Waals surface area contributed by atoms with Crippen LogP contribution in [0.3, 0.4) is 0 Å². The summed E-state index contributed by atoms with van der Waals surface area (Å²) in [6, 6.07) is 6.09. The molecule has 1 aromatic carbocycles. The molecule has 0 bridgehead atoms. The Labute approximate surface area is 123 Å². The van der Waals surface area contributed by atoms with Gasteiger partial charge < -0.3 is 5.32 Å². The average Bonchev–Trinajstić information content (AvgIpc) is 3.15. The summed E-state index contributed by atoms with van der Waals surface area (Å²) in [5.74, 6) is 1.88. The van der Waals surface area contributed by atoms with Gasteiger partial charge in [0.2, 0.25) is 5.91 Å². The van der Waals surface area contributed by atoms with Crippen molar-refractivity contribution >= 4 is 27.5 Å². The predicted molar refractivity (Wildman–Crippen MR) is 81.1 cm³/mol. The lowest BCUT2D eigenvalue weighted by molar-refractivity contribution is -0.117. The molecule has 0 saturated heterocycles. The molecule has 0 heterocycles. The second kappa shape index (κ2) is 5.28. The lowest BCUT2D eigenvalue weighted by atomic mass is 10.0. The van der Waals surface area contributed by atoms with Crippen LogP contribution in [0.1, 0.15) is 38.2 Å². The Hall–Kier alpha value is -0.830. The van der Waals surface area contributed by atoms with Gasteiger partial charge in [-0.1, -0.05) is 35.7 Å². The lowest BCUT2D eigenvalue weighted by Crippen LogP contribution is -2.16. The first kappa shape index (κ1) is 13.2. The van der Waals surface area contributed by atoms with Crippen LogP contribution in [0, 0.1) is 17.8 Å². The zero-order valence-corrected chi connectivity index (χ0v) is 12.9. The van der Waals surface area contributed by atoms with E-state index in [9.17, 15) is 4.79 Å². The Kier molecular flexibility index (Phi) is 3.66. The predicted octanol–water partition coefficient (Wildman–Crippen LogP) is 4.39. The maximum Gasteiger partial charge on any atom is 0.228 e.